The number of aliphatic hydroxyl groups is 1. The lowest BCUT2D eigenvalue weighted by Crippen LogP contribution is -2.51. The van der Waals surface area contributed by atoms with Gasteiger partial charge in [-0.2, -0.15) is 5.10 Å². The molecule has 140 valence electrons. The maximum Gasteiger partial charge on any atom is 0.254 e. The monoisotopic (exact) mass is 383 g/mol. The summed E-state index contributed by atoms with van der Waals surface area (Å²) in [4.78, 5) is 24.1. The number of nitrogens with one attached hydrogen (secondary N) is 1. The zero-order chi connectivity index (χ0) is 18.9. The van der Waals surface area contributed by atoms with Crippen LogP contribution in [-0.4, -0.2) is 48.7 Å². The molecule has 0 spiro atoms. The zero-order valence-corrected chi connectivity index (χ0v) is 15.8. The van der Waals surface area contributed by atoms with Crippen molar-refractivity contribution in [2.24, 2.45) is 0 Å². The topological polar surface area (TPSA) is 95.0 Å². The molecule has 2 unspecified atom stereocenters. The summed E-state index contributed by atoms with van der Waals surface area (Å²) in [5, 5.41) is 19.8. The Morgan fingerprint density at radius 3 is 2.93 bits per heavy atom. The van der Waals surface area contributed by atoms with Crippen molar-refractivity contribution in [1.82, 2.24) is 25.1 Å². The number of likely N-dealkylation sites (tertiary alicyclic amines) is 1. The first-order chi connectivity index (χ1) is 13.1. The Bertz CT molecular complexity index is 911. The Kier molecular flexibility index (Phi) is 4.75. The number of carbonyl (C=O) groups excluding carboxylic acids is 1. The highest BCUT2D eigenvalue weighted by atomic mass is 32.1. The normalized spacial score (nSPS) is 22.7. The summed E-state index contributed by atoms with van der Waals surface area (Å²) in [5.74, 6) is 0.0132. The van der Waals surface area contributed by atoms with Gasteiger partial charge in [0, 0.05) is 59.0 Å². The SMILES string of the molecule is CCC1CC(O)(c2cncnc2)CCN1C(=O)c1csc(-c2cn[nH]c2)c1. The van der Waals surface area contributed by atoms with E-state index in [-0.39, 0.29) is 11.9 Å². The number of amides is 1. The molecule has 1 aliphatic heterocycles. The zero-order valence-electron chi connectivity index (χ0n) is 15.0. The fraction of sp³-hybridized carbons (Fsp3) is 0.368. The molecule has 3 aromatic rings. The number of aromatic nitrogens is 4. The first-order valence-corrected chi connectivity index (χ1v) is 9.85. The van der Waals surface area contributed by atoms with Crippen LogP contribution in [0.5, 0.6) is 0 Å². The van der Waals surface area contributed by atoms with Gasteiger partial charge in [0.25, 0.3) is 5.91 Å². The lowest BCUT2D eigenvalue weighted by Gasteiger charge is -2.43. The molecule has 2 N–H and O–H groups in total. The first kappa shape index (κ1) is 17.8. The Labute approximate surface area is 161 Å². The summed E-state index contributed by atoms with van der Waals surface area (Å²) in [7, 11) is 0. The summed E-state index contributed by atoms with van der Waals surface area (Å²) in [6.07, 6.45) is 10.1. The van der Waals surface area contributed by atoms with E-state index in [4.69, 9.17) is 0 Å². The minimum Gasteiger partial charge on any atom is -0.385 e. The number of hydrogen-bond donors (Lipinski definition) is 2. The van der Waals surface area contributed by atoms with Gasteiger partial charge in [-0.15, -0.1) is 11.3 Å². The largest absolute Gasteiger partial charge is 0.385 e. The predicted molar refractivity (Wildman–Crippen MR) is 102 cm³/mol. The van der Waals surface area contributed by atoms with Crippen molar-refractivity contribution in [3.63, 3.8) is 0 Å². The van der Waals surface area contributed by atoms with E-state index in [9.17, 15) is 9.90 Å². The second-order valence-electron chi connectivity index (χ2n) is 6.86. The molecule has 0 radical (unpaired) electrons. The van der Waals surface area contributed by atoms with Crippen molar-refractivity contribution in [2.45, 2.75) is 37.8 Å². The number of H-pyrrole nitrogens is 1. The molecule has 8 heteroatoms. The van der Waals surface area contributed by atoms with Crippen LogP contribution in [0.25, 0.3) is 10.4 Å². The van der Waals surface area contributed by atoms with E-state index < -0.39 is 5.60 Å². The maximum atomic E-state index is 13.1. The van der Waals surface area contributed by atoms with Gasteiger partial charge in [-0.25, -0.2) is 9.97 Å². The summed E-state index contributed by atoms with van der Waals surface area (Å²) in [6, 6.07) is 1.88. The number of nitrogens with zero attached hydrogens (tertiary/aromatic N) is 4. The van der Waals surface area contributed by atoms with Crippen LogP contribution in [0.2, 0.25) is 0 Å². The third-order valence-electron chi connectivity index (χ3n) is 5.24. The molecule has 7 nitrogen and oxygen atoms in total. The molecule has 1 saturated heterocycles. The highest BCUT2D eigenvalue weighted by molar-refractivity contribution is 7.13. The minimum atomic E-state index is -0.991. The first-order valence-electron chi connectivity index (χ1n) is 8.97. The van der Waals surface area contributed by atoms with Crippen LogP contribution in [0, 0.1) is 0 Å². The molecule has 2 atom stereocenters. The predicted octanol–water partition coefficient (Wildman–Crippen LogP) is 2.83. The molecular formula is C19H21N5O2S. The maximum absolute atomic E-state index is 13.1. The molecular weight excluding hydrogens is 362 g/mol. The van der Waals surface area contributed by atoms with Crippen molar-refractivity contribution in [2.75, 3.05) is 6.54 Å². The molecule has 3 aromatic heterocycles. The number of hydrogen-bond acceptors (Lipinski definition) is 6. The quantitative estimate of drug-likeness (QED) is 0.722. The van der Waals surface area contributed by atoms with E-state index in [1.807, 2.05) is 29.5 Å². The lowest BCUT2D eigenvalue weighted by atomic mass is 9.81. The number of rotatable bonds is 4. The second kappa shape index (κ2) is 7.21. The smallest absolute Gasteiger partial charge is 0.254 e. The van der Waals surface area contributed by atoms with Crippen LogP contribution < -0.4 is 0 Å². The van der Waals surface area contributed by atoms with Crippen LogP contribution in [0.15, 0.2) is 42.6 Å². The van der Waals surface area contributed by atoms with Crippen LogP contribution in [0.1, 0.15) is 42.1 Å². The Morgan fingerprint density at radius 1 is 1.41 bits per heavy atom. The summed E-state index contributed by atoms with van der Waals surface area (Å²) in [6.45, 7) is 2.54. The van der Waals surface area contributed by atoms with E-state index >= 15 is 0 Å². The summed E-state index contributed by atoms with van der Waals surface area (Å²) in [5.41, 5.74) is 1.38. The number of piperidine rings is 1. The molecule has 1 amide bonds. The average molecular weight is 383 g/mol. The molecule has 0 aliphatic carbocycles. The molecule has 4 rings (SSSR count). The number of carbonyl (C=O) groups is 1. The van der Waals surface area contributed by atoms with Crippen molar-refractivity contribution in [3.05, 3.63) is 53.7 Å². The molecule has 1 fully saturated rings. The van der Waals surface area contributed by atoms with Crippen LogP contribution in [0.3, 0.4) is 0 Å². The van der Waals surface area contributed by atoms with E-state index in [2.05, 4.69) is 20.2 Å². The third-order valence-corrected chi connectivity index (χ3v) is 6.22. The van der Waals surface area contributed by atoms with E-state index in [1.54, 1.807) is 18.6 Å². The van der Waals surface area contributed by atoms with Gasteiger partial charge >= 0.3 is 0 Å². The van der Waals surface area contributed by atoms with E-state index in [0.29, 0.717) is 30.5 Å². The van der Waals surface area contributed by atoms with Gasteiger partial charge in [-0.05, 0) is 18.9 Å². The van der Waals surface area contributed by atoms with Gasteiger partial charge < -0.3 is 10.0 Å². The number of thiophene rings is 1. The van der Waals surface area contributed by atoms with Gasteiger partial charge in [0.1, 0.15) is 6.33 Å². The molecule has 0 aromatic carbocycles. The molecule has 0 bridgehead atoms. The van der Waals surface area contributed by atoms with E-state index in [0.717, 1.165) is 16.9 Å². The lowest BCUT2D eigenvalue weighted by molar-refractivity contribution is -0.0449. The molecule has 0 saturated carbocycles. The average Bonchev–Trinajstić information content (AvgIpc) is 3.39. The van der Waals surface area contributed by atoms with Crippen LogP contribution >= 0.6 is 11.3 Å². The summed E-state index contributed by atoms with van der Waals surface area (Å²) < 4.78 is 0. The molecule has 27 heavy (non-hydrogen) atoms. The summed E-state index contributed by atoms with van der Waals surface area (Å²) >= 11 is 1.53. The fourth-order valence-electron chi connectivity index (χ4n) is 3.67. The van der Waals surface area contributed by atoms with Crippen molar-refractivity contribution >= 4 is 17.2 Å². The third kappa shape index (κ3) is 3.38. The van der Waals surface area contributed by atoms with Gasteiger partial charge in [0.15, 0.2) is 0 Å². The van der Waals surface area contributed by atoms with Crippen LogP contribution in [-0.2, 0) is 5.60 Å². The van der Waals surface area contributed by atoms with Crippen molar-refractivity contribution in [3.8, 4) is 10.4 Å². The highest BCUT2D eigenvalue weighted by Gasteiger charge is 2.41. The fourth-order valence-corrected chi connectivity index (χ4v) is 4.54. The highest BCUT2D eigenvalue weighted by Crippen LogP contribution is 2.37. The number of aromatic amines is 1. The standard InChI is InChI=1S/C19H21N5O2S/c1-2-16-6-19(26,15-9-20-12-21-10-15)3-4-24(16)18(25)13-5-17(27-11-13)14-7-22-23-8-14/h5,7-12,16,26H,2-4,6H2,1H3,(H,22,23). The Hall–Kier alpha value is -2.58. The van der Waals surface area contributed by atoms with Crippen molar-refractivity contribution < 1.29 is 9.90 Å². The Morgan fingerprint density at radius 2 is 2.22 bits per heavy atom. The van der Waals surface area contributed by atoms with Gasteiger partial charge in [-0.3, -0.25) is 9.89 Å². The van der Waals surface area contributed by atoms with Crippen LogP contribution in [0.4, 0.5) is 0 Å². The minimum absolute atomic E-state index is 0.0132. The van der Waals surface area contributed by atoms with E-state index in [1.165, 1.54) is 17.7 Å². The van der Waals surface area contributed by atoms with Crippen molar-refractivity contribution in [1.29, 1.82) is 0 Å². The molecule has 4 heterocycles. The van der Waals surface area contributed by atoms with Gasteiger partial charge in [-0.1, -0.05) is 6.92 Å². The second-order valence-corrected chi connectivity index (χ2v) is 7.77. The Balaban J connectivity index is 1.53. The molecule has 1 aliphatic rings. The van der Waals surface area contributed by atoms with Gasteiger partial charge in [0.05, 0.1) is 17.4 Å². The van der Waals surface area contributed by atoms with Gasteiger partial charge in [0.2, 0.25) is 0 Å².